The lowest BCUT2D eigenvalue weighted by Crippen LogP contribution is -2.22. The molecule has 0 heterocycles. The number of ether oxygens (including phenoxy) is 2. The summed E-state index contributed by atoms with van der Waals surface area (Å²) in [5.74, 6) is 0.515. The highest BCUT2D eigenvalue weighted by atomic mass is 16.5. The molecule has 7 nitrogen and oxygen atoms in total. The molecule has 0 aliphatic carbocycles. The maximum atomic E-state index is 12.3. The van der Waals surface area contributed by atoms with Crippen molar-refractivity contribution in [2.45, 2.75) is 39.5 Å². The van der Waals surface area contributed by atoms with Crippen LogP contribution in [0.4, 0.5) is 5.69 Å². The number of methoxy groups -OCH3 is 2. The van der Waals surface area contributed by atoms with Crippen molar-refractivity contribution in [1.29, 1.82) is 0 Å². The molecule has 0 bridgehead atoms. The molecule has 7 heteroatoms. The molecule has 30 heavy (non-hydrogen) atoms. The maximum absolute atomic E-state index is 12.3. The van der Waals surface area contributed by atoms with Gasteiger partial charge in [-0.25, -0.2) is 5.43 Å². The first-order valence-corrected chi connectivity index (χ1v) is 9.60. The number of hydrogen-bond donors (Lipinski definition) is 2. The van der Waals surface area contributed by atoms with Crippen LogP contribution in [0.25, 0.3) is 0 Å². The minimum atomic E-state index is -0.327. The molecule has 2 aromatic rings. The van der Waals surface area contributed by atoms with E-state index in [9.17, 15) is 9.59 Å². The minimum absolute atomic E-state index is 0.0175. The van der Waals surface area contributed by atoms with Gasteiger partial charge in [0.15, 0.2) is 0 Å². The van der Waals surface area contributed by atoms with Crippen molar-refractivity contribution in [2.75, 3.05) is 19.5 Å². The number of hydrogen-bond acceptors (Lipinski definition) is 5. The molecule has 0 aromatic heterocycles. The van der Waals surface area contributed by atoms with Gasteiger partial charge in [-0.15, -0.1) is 0 Å². The summed E-state index contributed by atoms with van der Waals surface area (Å²) >= 11 is 0. The predicted molar refractivity (Wildman–Crippen MR) is 119 cm³/mol. The van der Waals surface area contributed by atoms with Crippen LogP contribution in [0, 0.1) is 0 Å². The van der Waals surface area contributed by atoms with Gasteiger partial charge in [0.25, 0.3) is 5.91 Å². The highest BCUT2D eigenvalue weighted by Gasteiger charge is 2.14. The summed E-state index contributed by atoms with van der Waals surface area (Å²) in [7, 11) is 3.07. The van der Waals surface area contributed by atoms with Gasteiger partial charge in [-0.05, 0) is 42.2 Å². The number of nitrogens with one attached hydrogen (secondary N) is 2. The van der Waals surface area contributed by atoms with E-state index in [1.54, 1.807) is 44.4 Å². The molecule has 0 radical (unpaired) electrons. The van der Waals surface area contributed by atoms with E-state index in [0.717, 1.165) is 5.56 Å². The Hall–Kier alpha value is -3.35. The molecule has 0 atom stereocenters. The van der Waals surface area contributed by atoms with Gasteiger partial charge in [0.1, 0.15) is 11.5 Å². The molecule has 160 valence electrons. The number of hydrazone groups is 1. The molecule has 2 N–H and O–H groups in total. The van der Waals surface area contributed by atoms with Gasteiger partial charge in [-0.3, -0.25) is 9.59 Å². The highest BCUT2D eigenvalue weighted by Crippen LogP contribution is 2.29. The van der Waals surface area contributed by atoms with Crippen molar-refractivity contribution >= 4 is 23.2 Å². The van der Waals surface area contributed by atoms with Crippen LogP contribution in [0.3, 0.4) is 0 Å². The second-order valence-corrected chi connectivity index (χ2v) is 7.91. The van der Waals surface area contributed by atoms with Crippen LogP contribution in [0.1, 0.15) is 50.0 Å². The van der Waals surface area contributed by atoms with E-state index < -0.39 is 0 Å². The lowest BCUT2D eigenvalue weighted by atomic mass is 9.87. The Kier molecular flexibility index (Phi) is 7.58. The number of rotatable bonds is 7. The largest absolute Gasteiger partial charge is 0.497 e. The van der Waals surface area contributed by atoms with E-state index in [-0.39, 0.29) is 23.7 Å². The number of nitrogens with zero attached hydrogens (tertiary/aromatic N) is 1. The molecular weight excluding hydrogens is 382 g/mol. The van der Waals surface area contributed by atoms with Crippen molar-refractivity contribution < 1.29 is 19.1 Å². The molecule has 0 fully saturated rings. The van der Waals surface area contributed by atoms with Gasteiger partial charge in [0.2, 0.25) is 5.91 Å². The highest BCUT2D eigenvalue weighted by molar-refractivity contribution is 6.06. The summed E-state index contributed by atoms with van der Waals surface area (Å²) in [4.78, 5) is 24.6. The van der Waals surface area contributed by atoms with Crippen LogP contribution in [0.2, 0.25) is 0 Å². The molecular formula is C23H29N3O4. The van der Waals surface area contributed by atoms with Gasteiger partial charge < -0.3 is 14.8 Å². The summed E-state index contributed by atoms with van der Waals surface area (Å²) in [6, 6.07) is 12.5. The summed E-state index contributed by atoms with van der Waals surface area (Å²) in [6.07, 6.45) is 0.0262. The third-order valence-electron chi connectivity index (χ3n) is 4.46. The predicted octanol–water partition coefficient (Wildman–Crippen LogP) is 4.14. The number of carbonyl (C=O) groups excluding carboxylic acids is 2. The fraction of sp³-hybridized carbons (Fsp3) is 0.348. The second-order valence-electron chi connectivity index (χ2n) is 7.91. The van der Waals surface area contributed by atoms with Gasteiger partial charge in [0, 0.05) is 17.3 Å². The van der Waals surface area contributed by atoms with Crippen molar-refractivity contribution in [2.24, 2.45) is 5.10 Å². The number of benzene rings is 2. The monoisotopic (exact) mass is 411 g/mol. The van der Waals surface area contributed by atoms with E-state index in [2.05, 4.69) is 36.6 Å². The standard InChI is InChI=1S/C23H29N3O4/c1-15(13-21(27)24-19-12-11-18(29-5)14-20(19)30-6)25-26-22(28)16-7-9-17(10-8-16)23(2,3)4/h7-12,14H,13H2,1-6H3,(H,24,27)(H,26,28)/b25-15-. The maximum Gasteiger partial charge on any atom is 0.271 e. The molecule has 0 saturated heterocycles. The van der Waals surface area contributed by atoms with E-state index in [1.807, 2.05) is 12.1 Å². The topological polar surface area (TPSA) is 89.0 Å². The first-order valence-electron chi connectivity index (χ1n) is 9.60. The molecule has 0 aliphatic heterocycles. The smallest absolute Gasteiger partial charge is 0.271 e. The second kappa shape index (κ2) is 9.91. The summed E-state index contributed by atoms with van der Waals surface area (Å²) in [6.45, 7) is 8.01. The van der Waals surface area contributed by atoms with Crippen LogP contribution >= 0.6 is 0 Å². The Labute approximate surface area is 177 Å². The zero-order valence-electron chi connectivity index (χ0n) is 18.3. The molecule has 0 aliphatic rings. The van der Waals surface area contributed by atoms with Crippen LogP contribution in [-0.2, 0) is 10.2 Å². The summed E-state index contributed by atoms with van der Waals surface area (Å²) in [5.41, 5.74) is 5.16. The summed E-state index contributed by atoms with van der Waals surface area (Å²) in [5, 5.41) is 6.80. The van der Waals surface area contributed by atoms with Gasteiger partial charge in [-0.2, -0.15) is 5.10 Å². The quantitative estimate of drug-likeness (QED) is 0.529. The van der Waals surface area contributed by atoms with Crippen molar-refractivity contribution in [1.82, 2.24) is 5.43 Å². The lowest BCUT2D eigenvalue weighted by Gasteiger charge is -2.18. The van der Waals surface area contributed by atoms with Crippen LogP contribution in [0.5, 0.6) is 11.5 Å². The minimum Gasteiger partial charge on any atom is -0.497 e. The van der Waals surface area contributed by atoms with Crippen molar-refractivity contribution in [3.8, 4) is 11.5 Å². The zero-order chi connectivity index (χ0) is 22.3. The molecule has 0 unspecified atom stereocenters. The Morgan fingerprint density at radius 2 is 1.67 bits per heavy atom. The number of amides is 2. The van der Waals surface area contributed by atoms with Gasteiger partial charge in [-0.1, -0.05) is 32.9 Å². The molecule has 0 spiro atoms. The molecule has 2 aromatic carbocycles. The number of anilines is 1. The first kappa shape index (κ1) is 22.9. The third kappa shape index (κ3) is 6.34. The van der Waals surface area contributed by atoms with E-state index in [4.69, 9.17) is 9.47 Å². The third-order valence-corrected chi connectivity index (χ3v) is 4.46. The Balaban J connectivity index is 1.94. The van der Waals surface area contributed by atoms with E-state index in [0.29, 0.717) is 28.5 Å². The number of carbonyl (C=O) groups is 2. The SMILES string of the molecule is COc1ccc(NC(=O)C/C(C)=N\NC(=O)c2ccc(C(C)(C)C)cc2)c(OC)c1. The van der Waals surface area contributed by atoms with Crippen molar-refractivity contribution in [3.05, 3.63) is 53.6 Å². The molecule has 0 saturated carbocycles. The Morgan fingerprint density at radius 3 is 2.23 bits per heavy atom. The summed E-state index contributed by atoms with van der Waals surface area (Å²) < 4.78 is 10.4. The molecule has 2 amide bonds. The first-order chi connectivity index (χ1) is 14.1. The van der Waals surface area contributed by atoms with E-state index >= 15 is 0 Å². The van der Waals surface area contributed by atoms with Crippen LogP contribution in [0.15, 0.2) is 47.6 Å². The fourth-order valence-electron chi connectivity index (χ4n) is 2.70. The van der Waals surface area contributed by atoms with E-state index in [1.165, 1.54) is 7.11 Å². The average molecular weight is 412 g/mol. The fourth-order valence-corrected chi connectivity index (χ4v) is 2.70. The lowest BCUT2D eigenvalue weighted by molar-refractivity contribution is -0.115. The van der Waals surface area contributed by atoms with Gasteiger partial charge in [0.05, 0.1) is 26.3 Å². The Morgan fingerprint density at radius 1 is 1.00 bits per heavy atom. The van der Waals surface area contributed by atoms with Crippen molar-refractivity contribution in [3.63, 3.8) is 0 Å². The Bertz CT molecular complexity index is 928. The molecule has 2 rings (SSSR count). The van der Waals surface area contributed by atoms with Crippen LogP contribution in [-0.4, -0.2) is 31.7 Å². The zero-order valence-corrected chi connectivity index (χ0v) is 18.3. The van der Waals surface area contributed by atoms with Gasteiger partial charge >= 0.3 is 0 Å². The average Bonchev–Trinajstić information content (AvgIpc) is 2.71. The van der Waals surface area contributed by atoms with Crippen LogP contribution < -0.4 is 20.2 Å². The normalized spacial score (nSPS) is 11.6.